The maximum Gasteiger partial charge on any atom is 0.174 e. The van der Waals surface area contributed by atoms with Crippen molar-refractivity contribution in [2.24, 2.45) is 0 Å². The lowest BCUT2D eigenvalue weighted by molar-refractivity contribution is 0.340. The van der Waals surface area contributed by atoms with Crippen LogP contribution in [0.5, 0.6) is 5.75 Å². The van der Waals surface area contributed by atoms with Crippen molar-refractivity contribution in [3.63, 3.8) is 0 Å². The summed E-state index contributed by atoms with van der Waals surface area (Å²) in [5.74, 6) is 1.65. The summed E-state index contributed by atoms with van der Waals surface area (Å²) in [4.78, 5) is 4.83. The molecule has 1 aromatic heterocycles. The highest BCUT2D eigenvalue weighted by atomic mass is 35.5. The number of hydrogen-bond acceptors (Lipinski definition) is 3. The smallest absolute Gasteiger partial charge is 0.174 e. The minimum atomic E-state index is 0.644. The van der Waals surface area contributed by atoms with Crippen molar-refractivity contribution in [2.75, 3.05) is 6.61 Å². The van der Waals surface area contributed by atoms with Crippen LogP contribution in [0, 0.1) is 0 Å². The molecule has 0 bridgehead atoms. The molecule has 0 spiro atoms. The van der Waals surface area contributed by atoms with Crippen molar-refractivity contribution < 1.29 is 4.74 Å². The number of halogens is 2. The summed E-state index contributed by atoms with van der Waals surface area (Å²) in [6, 6.07) is 21.7. The van der Waals surface area contributed by atoms with Gasteiger partial charge in [-0.3, -0.25) is 4.57 Å². The first-order chi connectivity index (χ1) is 13.6. The van der Waals surface area contributed by atoms with Gasteiger partial charge in [0.25, 0.3) is 0 Å². The van der Waals surface area contributed by atoms with E-state index >= 15 is 0 Å². The van der Waals surface area contributed by atoms with Gasteiger partial charge in [-0.25, -0.2) is 4.98 Å². The van der Waals surface area contributed by atoms with Gasteiger partial charge in [0.1, 0.15) is 5.75 Å². The van der Waals surface area contributed by atoms with Gasteiger partial charge in [-0.1, -0.05) is 47.1 Å². The van der Waals surface area contributed by atoms with Crippen LogP contribution >= 0.6 is 35.0 Å². The fraction of sp³-hybridized carbons (Fsp3) is 0.136. The molecule has 4 rings (SSSR count). The molecule has 0 atom stereocenters. The van der Waals surface area contributed by atoms with Crippen LogP contribution in [-0.4, -0.2) is 16.2 Å². The van der Waals surface area contributed by atoms with Crippen LogP contribution in [0.15, 0.2) is 71.9 Å². The Labute approximate surface area is 178 Å². The Balaban J connectivity index is 1.72. The van der Waals surface area contributed by atoms with Gasteiger partial charge < -0.3 is 4.74 Å². The molecule has 0 amide bonds. The Morgan fingerprint density at radius 2 is 1.64 bits per heavy atom. The average Bonchev–Trinajstić information content (AvgIpc) is 3.06. The van der Waals surface area contributed by atoms with E-state index in [-0.39, 0.29) is 0 Å². The minimum absolute atomic E-state index is 0.644. The number of nitrogens with zero attached hydrogens (tertiary/aromatic N) is 2. The topological polar surface area (TPSA) is 27.1 Å². The first-order valence-corrected chi connectivity index (χ1v) is 10.7. The number of aromatic nitrogens is 2. The third kappa shape index (κ3) is 4.14. The summed E-state index contributed by atoms with van der Waals surface area (Å²) in [5.41, 5.74) is 4.11. The second kappa shape index (κ2) is 8.48. The number of hydrogen-bond donors (Lipinski definition) is 0. The maximum atomic E-state index is 6.26. The summed E-state index contributed by atoms with van der Waals surface area (Å²) < 4.78 is 7.70. The lowest BCUT2D eigenvalue weighted by atomic mass is 10.2. The van der Waals surface area contributed by atoms with Gasteiger partial charge in [-0.2, -0.15) is 0 Å². The van der Waals surface area contributed by atoms with Crippen molar-refractivity contribution >= 4 is 46.0 Å². The lowest BCUT2D eigenvalue weighted by Gasteiger charge is -2.10. The number of imidazole rings is 1. The summed E-state index contributed by atoms with van der Waals surface area (Å²) in [6.45, 7) is 2.62. The molecule has 0 N–H and O–H groups in total. The number of benzene rings is 3. The molecule has 0 aliphatic heterocycles. The van der Waals surface area contributed by atoms with Crippen molar-refractivity contribution in [3.8, 4) is 11.4 Å². The van der Waals surface area contributed by atoms with Crippen LogP contribution in [0.1, 0.15) is 12.5 Å². The van der Waals surface area contributed by atoms with Crippen molar-refractivity contribution in [2.45, 2.75) is 17.8 Å². The second-order valence-corrected chi connectivity index (χ2v) is 8.02. The second-order valence-electron chi connectivity index (χ2n) is 6.20. The molecule has 0 saturated heterocycles. The van der Waals surface area contributed by atoms with Gasteiger partial charge in [0.15, 0.2) is 5.16 Å². The van der Waals surface area contributed by atoms with E-state index in [1.54, 1.807) is 11.8 Å². The quantitative estimate of drug-likeness (QED) is 0.308. The predicted molar refractivity (Wildman–Crippen MR) is 118 cm³/mol. The maximum absolute atomic E-state index is 6.26. The van der Waals surface area contributed by atoms with Crippen LogP contribution < -0.4 is 4.74 Å². The van der Waals surface area contributed by atoms with Crippen molar-refractivity contribution in [3.05, 3.63) is 82.3 Å². The van der Waals surface area contributed by atoms with E-state index in [4.69, 9.17) is 32.9 Å². The number of fused-ring (bicyclic) bond motifs is 1. The predicted octanol–water partition coefficient (Wildman–Crippen LogP) is 7.02. The van der Waals surface area contributed by atoms with Crippen LogP contribution in [0.3, 0.4) is 0 Å². The van der Waals surface area contributed by atoms with E-state index < -0.39 is 0 Å². The Morgan fingerprint density at radius 1 is 0.929 bits per heavy atom. The summed E-state index contributed by atoms with van der Waals surface area (Å²) in [7, 11) is 0. The molecule has 3 aromatic carbocycles. The molecular formula is C22H18Cl2N2OS. The van der Waals surface area contributed by atoms with Crippen molar-refractivity contribution in [1.82, 2.24) is 9.55 Å². The average molecular weight is 429 g/mol. The van der Waals surface area contributed by atoms with E-state index in [2.05, 4.69) is 4.57 Å². The fourth-order valence-electron chi connectivity index (χ4n) is 2.96. The zero-order chi connectivity index (χ0) is 19.5. The number of thioether (sulfide) groups is 1. The monoisotopic (exact) mass is 428 g/mol. The van der Waals surface area contributed by atoms with Gasteiger partial charge in [0.2, 0.25) is 0 Å². The Kier molecular flexibility index (Phi) is 5.81. The van der Waals surface area contributed by atoms with Crippen LogP contribution in [-0.2, 0) is 5.75 Å². The molecule has 28 heavy (non-hydrogen) atoms. The molecule has 1 heterocycles. The molecule has 3 nitrogen and oxygen atoms in total. The summed E-state index contributed by atoms with van der Waals surface area (Å²) in [6.07, 6.45) is 0. The molecule has 0 radical (unpaired) electrons. The molecular weight excluding hydrogens is 411 g/mol. The summed E-state index contributed by atoms with van der Waals surface area (Å²) in [5, 5.41) is 2.34. The zero-order valence-electron chi connectivity index (χ0n) is 15.2. The lowest BCUT2D eigenvalue weighted by Crippen LogP contribution is -1.98. The van der Waals surface area contributed by atoms with E-state index in [0.29, 0.717) is 11.6 Å². The molecule has 0 unspecified atom stereocenters. The molecule has 4 aromatic rings. The highest BCUT2D eigenvalue weighted by Crippen LogP contribution is 2.32. The molecule has 6 heteroatoms. The summed E-state index contributed by atoms with van der Waals surface area (Å²) >= 11 is 13.9. The minimum Gasteiger partial charge on any atom is -0.494 e. The van der Waals surface area contributed by atoms with Crippen molar-refractivity contribution in [1.29, 1.82) is 0 Å². The standard InChI is InChI=1S/C22H18Cl2N2OS/c1-2-27-19-10-8-18(9-11-19)26-21-13-17(24)7-12-20(21)25-22(26)28-14-15-3-5-16(23)6-4-15/h3-13H,2,14H2,1H3. The SMILES string of the molecule is CCOc1ccc(-n2c(SCc3ccc(Cl)cc3)nc3ccc(Cl)cc32)cc1. The van der Waals surface area contributed by atoms with E-state index in [9.17, 15) is 0 Å². The van der Waals surface area contributed by atoms with E-state index in [1.807, 2.05) is 73.7 Å². The molecule has 0 fully saturated rings. The number of ether oxygens (including phenoxy) is 1. The fourth-order valence-corrected chi connectivity index (χ4v) is 4.24. The Hall–Kier alpha value is -2.14. The van der Waals surface area contributed by atoms with Crippen LogP contribution in [0.4, 0.5) is 0 Å². The molecule has 142 valence electrons. The largest absolute Gasteiger partial charge is 0.494 e. The molecule has 0 aliphatic carbocycles. The van der Waals surface area contributed by atoms with Gasteiger partial charge in [0.05, 0.1) is 17.6 Å². The third-order valence-electron chi connectivity index (χ3n) is 4.27. The Morgan fingerprint density at radius 3 is 2.36 bits per heavy atom. The molecule has 0 saturated carbocycles. The first kappa shape index (κ1) is 19.2. The zero-order valence-corrected chi connectivity index (χ0v) is 17.6. The number of rotatable bonds is 6. The van der Waals surface area contributed by atoms with Gasteiger partial charge >= 0.3 is 0 Å². The highest BCUT2D eigenvalue weighted by Gasteiger charge is 2.14. The van der Waals surface area contributed by atoms with Crippen LogP contribution in [0.25, 0.3) is 16.7 Å². The van der Waals surface area contributed by atoms with E-state index in [0.717, 1.165) is 38.4 Å². The van der Waals surface area contributed by atoms with Crippen LogP contribution in [0.2, 0.25) is 10.0 Å². The van der Waals surface area contributed by atoms with Gasteiger partial charge in [-0.05, 0) is 67.1 Å². The highest BCUT2D eigenvalue weighted by molar-refractivity contribution is 7.98. The first-order valence-electron chi connectivity index (χ1n) is 8.92. The Bertz CT molecular complexity index is 1090. The van der Waals surface area contributed by atoms with Gasteiger partial charge in [0, 0.05) is 21.5 Å². The molecule has 0 aliphatic rings. The normalized spacial score (nSPS) is 11.1. The van der Waals surface area contributed by atoms with E-state index in [1.165, 1.54) is 5.56 Å². The third-order valence-corrected chi connectivity index (χ3v) is 5.77. The van der Waals surface area contributed by atoms with Gasteiger partial charge in [-0.15, -0.1) is 0 Å².